The zero-order chi connectivity index (χ0) is 12.3. The summed E-state index contributed by atoms with van der Waals surface area (Å²) in [7, 11) is 0. The Bertz CT molecular complexity index is 338. The molecule has 1 heterocycles. The van der Waals surface area contributed by atoms with Crippen molar-refractivity contribution < 1.29 is 4.74 Å². The van der Waals surface area contributed by atoms with E-state index in [1.165, 1.54) is 0 Å². The van der Waals surface area contributed by atoms with Gasteiger partial charge in [0.25, 0.3) is 0 Å². The van der Waals surface area contributed by atoms with Crippen LogP contribution in [0.3, 0.4) is 0 Å². The maximum atomic E-state index is 5.65. The van der Waals surface area contributed by atoms with E-state index in [-0.39, 0.29) is 11.6 Å². The molecule has 16 heavy (non-hydrogen) atoms. The van der Waals surface area contributed by atoms with E-state index in [1.807, 2.05) is 13.8 Å². The van der Waals surface area contributed by atoms with Crippen molar-refractivity contribution in [3.05, 3.63) is 11.6 Å². The zero-order valence-corrected chi connectivity index (χ0v) is 10.8. The summed E-state index contributed by atoms with van der Waals surface area (Å²) < 4.78 is 7.61. The Balaban J connectivity index is 2.96. The second kappa shape index (κ2) is 4.93. The number of ether oxygens (including phenoxy) is 1. The van der Waals surface area contributed by atoms with Crippen LogP contribution in [0.5, 0.6) is 0 Å². The van der Waals surface area contributed by atoms with Crippen LogP contribution in [-0.4, -0.2) is 20.9 Å². The molecule has 0 fully saturated rings. The van der Waals surface area contributed by atoms with E-state index >= 15 is 0 Å². The van der Waals surface area contributed by atoms with Gasteiger partial charge in [-0.05, 0) is 34.6 Å². The highest BCUT2D eigenvalue weighted by molar-refractivity contribution is 5.00. The van der Waals surface area contributed by atoms with Crippen molar-refractivity contribution in [3.63, 3.8) is 0 Å². The van der Waals surface area contributed by atoms with Crippen molar-refractivity contribution in [1.82, 2.24) is 14.8 Å². The standard InChI is InChI=1S/C11H22N4O/c1-8(2)16-7-10-14-13-9(6-12)15(10)11(3,4)5/h8H,6-7,12H2,1-5H3. The number of nitrogens with zero attached hydrogens (tertiary/aromatic N) is 3. The Labute approximate surface area is 97.0 Å². The van der Waals surface area contributed by atoms with Gasteiger partial charge in [-0.15, -0.1) is 10.2 Å². The molecule has 5 nitrogen and oxygen atoms in total. The average Bonchev–Trinajstić information content (AvgIpc) is 2.56. The lowest BCUT2D eigenvalue weighted by Gasteiger charge is -2.24. The van der Waals surface area contributed by atoms with Crippen LogP contribution in [0.15, 0.2) is 0 Å². The van der Waals surface area contributed by atoms with Crippen molar-refractivity contribution in [1.29, 1.82) is 0 Å². The topological polar surface area (TPSA) is 66.0 Å². The molecule has 0 saturated carbocycles. The molecule has 2 N–H and O–H groups in total. The summed E-state index contributed by atoms with van der Waals surface area (Å²) in [5.41, 5.74) is 5.58. The molecule has 0 aliphatic rings. The van der Waals surface area contributed by atoms with E-state index < -0.39 is 0 Å². The predicted octanol–water partition coefficient (Wildman–Crippen LogP) is 1.42. The Morgan fingerprint density at radius 1 is 1.25 bits per heavy atom. The molecule has 0 aliphatic heterocycles. The minimum absolute atomic E-state index is 0.0755. The van der Waals surface area contributed by atoms with Crippen LogP contribution in [0, 0.1) is 0 Å². The fourth-order valence-corrected chi connectivity index (χ4v) is 1.59. The van der Waals surface area contributed by atoms with Gasteiger partial charge in [0.05, 0.1) is 12.6 Å². The largest absolute Gasteiger partial charge is 0.371 e. The molecule has 0 amide bonds. The van der Waals surface area contributed by atoms with E-state index in [0.717, 1.165) is 11.6 Å². The number of nitrogens with two attached hydrogens (primary N) is 1. The minimum atomic E-state index is -0.0755. The van der Waals surface area contributed by atoms with Crippen LogP contribution in [0.2, 0.25) is 0 Å². The van der Waals surface area contributed by atoms with E-state index in [2.05, 4.69) is 35.5 Å². The Hall–Kier alpha value is -0.940. The lowest BCUT2D eigenvalue weighted by atomic mass is 10.1. The number of hydrogen-bond acceptors (Lipinski definition) is 4. The summed E-state index contributed by atoms with van der Waals surface area (Å²) in [6, 6.07) is 0. The molecule has 5 heteroatoms. The molecule has 0 aliphatic carbocycles. The van der Waals surface area contributed by atoms with Crippen LogP contribution in [0.1, 0.15) is 46.3 Å². The van der Waals surface area contributed by atoms with Crippen LogP contribution in [-0.2, 0) is 23.4 Å². The quantitative estimate of drug-likeness (QED) is 0.843. The van der Waals surface area contributed by atoms with Gasteiger partial charge in [-0.2, -0.15) is 0 Å². The summed E-state index contributed by atoms with van der Waals surface area (Å²) >= 11 is 0. The molecule has 0 atom stereocenters. The van der Waals surface area contributed by atoms with Gasteiger partial charge < -0.3 is 15.0 Å². The summed E-state index contributed by atoms with van der Waals surface area (Å²) in [4.78, 5) is 0. The van der Waals surface area contributed by atoms with Gasteiger partial charge in [0.1, 0.15) is 12.4 Å². The molecule has 0 spiro atoms. The third-order valence-corrected chi connectivity index (χ3v) is 2.20. The van der Waals surface area contributed by atoms with E-state index in [9.17, 15) is 0 Å². The average molecular weight is 226 g/mol. The number of hydrogen-bond donors (Lipinski definition) is 1. The Morgan fingerprint density at radius 2 is 1.81 bits per heavy atom. The van der Waals surface area contributed by atoms with Crippen LogP contribution >= 0.6 is 0 Å². The first-order chi connectivity index (χ1) is 7.36. The molecule has 0 aromatic carbocycles. The molecule has 1 aromatic heterocycles. The van der Waals surface area contributed by atoms with E-state index in [1.54, 1.807) is 0 Å². The van der Waals surface area contributed by atoms with Crippen molar-refractivity contribution in [2.75, 3.05) is 0 Å². The van der Waals surface area contributed by atoms with Gasteiger partial charge in [0.2, 0.25) is 0 Å². The van der Waals surface area contributed by atoms with E-state index in [4.69, 9.17) is 10.5 Å². The number of aromatic nitrogens is 3. The second-order valence-electron chi connectivity index (χ2n) is 5.10. The molecular formula is C11H22N4O. The van der Waals surface area contributed by atoms with Crippen molar-refractivity contribution in [3.8, 4) is 0 Å². The highest BCUT2D eigenvalue weighted by Gasteiger charge is 2.22. The van der Waals surface area contributed by atoms with Gasteiger partial charge in [-0.1, -0.05) is 0 Å². The molecule has 0 unspecified atom stereocenters. The maximum Gasteiger partial charge on any atom is 0.159 e. The van der Waals surface area contributed by atoms with Gasteiger partial charge in [0, 0.05) is 5.54 Å². The van der Waals surface area contributed by atoms with Gasteiger partial charge in [0.15, 0.2) is 5.82 Å². The Morgan fingerprint density at radius 3 is 2.25 bits per heavy atom. The molecule has 1 aromatic rings. The zero-order valence-electron chi connectivity index (χ0n) is 10.8. The lowest BCUT2D eigenvalue weighted by molar-refractivity contribution is 0.0570. The summed E-state index contributed by atoms with van der Waals surface area (Å²) in [5.74, 6) is 1.64. The van der Waals surface area contributed by atoms with Crippen LogP contribution < -0.4 is 5.73 Å². The van der Waals surface area contributed by atoms with Crippen LogP contribution in [0.25, 0.3) is 0 Å². The smallest absolute Gasteiger partial charge is 0.159 e. The van der Waals surface area contributed by atoms with Gasteiger partial charge in [-0.25, -0.2) is 0 Å². The highest BCUT2D eigenvalue weighted by Crippen LogP contribution is 2.19. The first-order valence-electron chi connectivity index (χ1n) is 5.61. The van der Waals surface area contributed by atoms with Gasteiger partial charge >= 0.3 is 0 Å². The van der Waals surface area contributed by atoms with Crippen molar-refractivity contribution in [2.24, 2.45) is 5.73 Å². The summed E-state index contributed by atoms with van der Waals surface area (Å²) in [6.07, 6.45) is 0.187. The van der Waals surface area contributed by atoms with Gasteiger partial charge in [-0.3, -0.25) is 0 Å². The highest BCUT2D eigenvalue weighted by atomic mass is 16.5. The molecule has 92 valence electrons. The number of rotatable bonds is 4. The fraction of sp³-hybridized carbons (Fsp3) is 0.818. The Kier molecular flexibility index (Phi) is 4.04. The fourth-order valence-electron chi connectivity index (χ4n) is 1.59. The second-order valence-corrected chi connectivity index (χ2v) is 5.10. The summed E-state index contributed by atoms with van der Waals surface area (Å²) in [5, 5.41) is 8.22. The SMILES string of the molecule is CC(C)OCc1nnc(CN)n1C(C)(C)C. The molecule has 0 saturated heterocycles. The van der Waals surface area contributed by atoms with Crippen molar-refractivity contribution in [2.45, 2.75) is 59.4 Å². The lowest BCUT2D eigenvalue weighted by Crippen LogP contribution is -2.28. The normalized spacial score (nSPS) is 12.4. The third kappa shape index (κ3) is 3.02. The minimum Gasteiger partial charge on any atom is -0.371 e. The first-order valence-corrected chi connectivity index (χ1v) is 5.61. The van der Waals surface area contributed by atoms with E-state index in [0.29, 0.717) is 13.2 Å². The van der Waals surface area contributed by atoms with Crippen molar-refractivity contribution >= 4 is 0 Å². The molecule has 0 bridgehead atoms. The summed E-state index contributed by atoms with van der Waals surface area (Å²) in [6.45, 7) is 11.2. The monoisotopic (exact) mass is 226 g/mol. The van der Waals surface area contributed by atoms with Crippen LogP contribution in [0.4, 0.5) is 0 Å². The molecule has 0 radical (unpaired) electrons. The third-order valence-electron chi connectivity index (χ3n) is 2.20. The predicted molar refractivity (Wildman–Crippen MR) is 62.8 cm³/mol. The first kappa shape index (κ1) is 13.1. The molecular weight excluding hydrogens is 204 g/mol. The molecule has 1 rings (SSSR count). The maximum absolute atomic E-state index is 5.65.